The van der Waals surface area contributed by atoms with E-state index in [1.165, 1.54) is 42.6 Å². The van der Waals surface area contributed by atoms with Crippen LogP contribution in [0.4, 0.5) is 0 Å². The molecular weight excluding hydrogens is 354 g/mol. The maximum atomic E-state index is 11.9. The number of pyridine rings is 1. The summed E-state index contributed by atoms with van der Waals surface area (Å²) in [6.07, 6.45) is 1.32. The maximum absolute atomic E-state index is 11.9. The molecular formula is C15H12ClN3O4S. The Morgan fingerprint density at radius 2 is 1.96 bits per heavy atom. The second kappa shape index (κ2) is 7.77. The zero-order valence-electron chi connectivity index (χ0n) is 12.3. The minimum absolute atomic E-state index is 0.246. The number of carbonyl (C=O) groups is 1. The van der Waals surface area contributed by atoms with Crippen LogP contribution in [0.5, 0.6) is 5.75 Å². The van der Waals surface area contributed by atoms with Crippen molar-refractivity contribution < 1.29 is 17.9 Å². The van der Waals surface area contributed by atoms with Crippen LogP contribution in [0.3, 0.4) is 0 Å². The van der Waals surface area contributed by atoms with E-state index < -0.39 is 28.3 Å². The molecule has 1 aromatic heterocycles. The van der Waals surface area contributed by atoms with Crippen LogP contribution >= 0.6 is 11.6 Å². The van der Waals surface area contributed by atoms with E-state index in [4.69, 9.17) is 21.6 Å². The van der Waals surface area contributed by atoms with Gasteiger partial charge in [-0.15, -0.1) is 0 Å². The van der Waals surface area contributed by atoms with Gasteiger partial charge < -0.3 is 4.74 Å². The van der Waals surface area contributed by atoms with Gasteiger partial charge in [0.15, 0.2) is 6.61 Å². The van der Waals surface area contributed by atoms with E-state index in [2.05, 4.69) is 4.98 Å². The lowest BCUT2D eigenvalue weighted by Crippen LogP contribution is -2.35. The van der Waals surface area contributed by atoms with Crippen LogP contribution < -0.4 is 9.46 Å². The summed E-state index contributed by atoms with van der Waals surface area (Å²) in [4.78, 5) is 15.5. The SMILES string of the molecule is N#Cc1ccc(OCC(=O)NS(=O)(=O)Cc2ccc(Cl)nc2)cc1. The van der Waals surface area contributed by atoms with Crippen LogP contribution in [-0.2, 0) is 20.6 Å². The van der Waals surface area contributed by atoms with Gasteiger partial charge in [0.1, 0.15) is 10.9 Å². The Hall–Kier alpha value is -2.63. The van der Waals surface area contributed by atoms with Gasteiger partial charge in [-0.1, -0.05) is 17.7 Å². The quantitative estimate of drug-likeness (QED) is 0.779. The number of sulfonamides is 1. The average molecular weight is 366 g/mol. The zero-order valence-corrected chi connectivity index (χ0v) is 13.8. The Bertz CT molecular complexity index is 859. The van der Waals surface area contributed by atoms with E-state index in [1.807, 2.05) is 10.8 Å². The fourth-order valence-corrected chi connectivity index (χ4v) is 2.92. The molecule has 0 aliphatic carbocycles. The number of carbonyl (C=O) groups excluding carboxylic acids is 1. The summed E-state index contributed by atoms with van der Waals surface area (Å²) in [6.45, 7) is -0.468. The highest BCUT2D eigenvalue weighted by molar-refractivity contribution is 7.89. The molecule has 1 heterocycles. The van der Waals surface area contributed by atoms with Crippen LogP contribution in [-0.4, -0.2) is 25.9 Å². The van der Waals surface area contributed by atoms with Gasteiger partial charge in [0, 0.05) is 6.20 Å². The van der Waals surface area contributed by atoms with Crippen LogP contribution in [0.15, 0.2) is 42.6 Å². The molecule has 0 bridgehead atoms. The monoisotopic (exact) mass is 365 g/mol. The molecule has 1 aromatic carbocycles. The number of hydrogen-bond donors (Lipinski definition) is 1. The second-order valence-electron chi connectivity index (χ2n) is 4.70. The number of ether oxygens (including phenoxy) is 1. The van der Waals surface area contributed by atoms with Gasteiger partial charge in [0.25, 0.3) is 5.91 Å². The van der Waals surface area contributed by atoms with Crippen LogP contribution in [0.2, 0.25) is 5.15 Å². The van der Waals surface area contributed by atoms with Crippen molar-refractivity contribution in [3.05, 3.63) is 58.9 Å². The fraction of sp³-hybridized carbons (Fsp3) is 0.133. The van der Waals surface area contributed by atoms with E-state index in [0.717, 1.165) is 0 Å². The topological polar surface area (TPSA) is 109 Å². The summed E-state index contributed by atoms with van der Waals surface area (Å²) >= 11 is 5.62. The van der Waals surface area contributed by atoms with Crippen molar-refractivity contribution in [2.24, 2.45) is 0 Å². The summed E-state index contributed by atoms with van der Waals surface area (Å²) in [5.74, 6) is -0.857. The molecule has 2 rings (SSSR count). The molecule has 0 spiro atoms. The van der Waals surface area contributed by atoms with Gasteiger partial charge in [-0.2, -0.15) is 5.26 Å². The zero-order chi connectivity index (χ0) is 17.6. The lowest BCUT2D eigenvalue weighted by molar-refractivity contribution is -0.121. The Morgan fingerprint density at radius 1 is 1.25 bits per heavy atom. The first-order valence-electron chi connectivity index (χ1n) is 6.65. The van der Waals surface area contributed by atoms with Gasteiger partial charge in [-0.3, -0.25) is 4.79 Å². The third kappa shape index (κ3) is 5.53. The Labute approximate surface area is 143 Å². The summed E-state index contributed by atoms with van der Waals surface area (Å²) < 4.78 is 30.9. The second-order valence-corrected chi connectivity index (χ2v) is 6.81. The molecule has 0 unspecified atom stereocenters. The number of halogens is 1. The number of rotatable bonds is 6. The van der Waals surface area contributed by atoms with E-state index in [1.54, 1.807) is 0 Å². The third-order valence-electron chi connectivity index (χ3n) is 2.77. The number of amides is 1. The third-order valence-corrected chi connectivity index (χ3v) is 4.24. The van der Waals surface area contributed by atoms with Crippen LogP contribution in [0.25, 0.3) is 0 Å². The number of nitrogens with zero attached hydrogens (tertiary/aromatic N) is 2. The summed E-state index contributed by atoms with van der Waals surface area (Å²) in [6, 6.07) is 11.0. The van der Waals surface area contributed by atoms with Crippen molar-refractivity contribution in [3.8, 4) is 11.8 Å². The first-order chi connectivity index (χ1) is 11.4. The Morgan fingerprint density at radius 3 is 2.54 bits per heavy atom. The van der Waals surface area contributed by atoms with Crippen LogP contribution in [0.1, 0.15) is 11.1 Å². The number of hydrogen-bond acceptors (Lipinski definition) is 6. The minimum Gasteiger partial charge on any atom is -0.484 e. The van der Waals surface area contributed by atoms with Crippen molar-refractivity contribution in [2.75, 3.05) is 6.61 Å². The molecule has 0 atom stereocenters. The standard InChI is InChI=1S/C15H12ClN3O4S/c16-14-6-3-12(8-18-14)10-24(21,22)19-15(20)9-23-13-4-1-11(7-17)2-5-13/h1-6,8H,9-10H2,(H,19,20). The molecule has 0 fully saturated rings. The molecule has 0 aliphatic heterocycles. The van der Waals surface area contributed by atoms with E-state index in [9.17, 15) is 13.2 Å². The Kier molecular flexibility index (Phi) is 5.73. The predicted molar refractivity (Wildman–Crippen MR) is 86.7 cm³/mol. The summed E-state index contributed by atoms with van der Waals surface area (Å²) in [5.41, 5.74) is 0.846. The van der Waals surface area contributed by atoms with Crippen molar-refractivity contribution in [1.82, 2.24) is 9.71 Å². The molecule has 0 aliphatic rings. The van der Waals surface area contributed by atoms with Crippen molar-refractivity contribution in [2.45, 2.75) is 5.75 Å². The van der Waals surface area contributed by atoms with Crippen molar-refractivity contribution in [1.29, 1.82) is 5.26 Å². The smallest absolute Gasteiger partial charge is 0.271 e. The molecule has 0 radical (unpaired) electrons. The lowest BCUT2D eigenvalue weighted by atomic mass is 10.2. The van der Waals surface area contributed by atoms with Gasteiger partial charge in [0.2, 0.25) is 10.0 Å². The van der Waals surface area contributed by atoms with Gasteiger partial charge in [-0.25, -0.2) is 18.1 Å². The summed E-state index contributed by atoms with van der Waals surface area (Å²) in [7, 11) is -3.87. The van der Waals surface area contributed by atoms with Crippen molar-refractivity contribution in [3.63, 3.8) is 0 Å². The fourth-order valence-electron chi connectivity index (χ4n) is 1.72. The Balaban J connectivity index is 1.88. The molecule has 9 heteroatoms. The molecule has 2 aromatic rings. The van der Waals surface area contributed by atoms with E-state index in [0.29, 0.717) is 16.9 Å². The molecule has 1 amide bonds. The van der Waals surface area contributed by atoms with Gasteiger partial charge >= 0.3 is 0 Å². The van der Waals surface area contributed by atoms with Gasteiger partial charge in [-0.05, 0) is 35.9 Å². The van der Waals surface area contributed by atoms with E-state index in [-0.39, 0.29) is 5.15 Å². The molecule has 0 saturated carbocycles. The number of nitrogens with one attached hydrogen (secondary N) is 1. The van der Waals surface area contributed by atoms with Crippen LogP contribution in [0, 0.1) is 11.3 Å². The molecule has 24 heavy (non-hydrogen) atoms. The highest BCUT2D eigenvalue weighted by Crippen LogP contribution is 2.11. The first-order valence-corrected chi connectivity index (χ1v) is 8.68. The van der Waals surface area contributed by atoms with Crippen molar-refractivity contribution >= 4 is 27.5 Å². The number of aromatic nitrogens is 1. The molecule has 0 saturated heterocycles. The average Bonchev–Trinajstić information content (AvgIpc) is 2.55. The lowest BCUT2D eigenvalue weighted by Gasteiger charge is -2.08. The van der Waals surface area contributed by atoms with E-state index >= 15 is 0 Å². The molecule has 1 N–H and O–H groups in total. The highest BCUT2D eigenvalue weighted by Gasteiger charge is 2.16. The summed E-state index contributed by atoms with van der Waals surface area (Å²) in [5, 5.41) is 8.92. The highest BCUT2D eigenvalue weighted by atomic mass is 35.5. The molecule has 124 valence electrons. The van der Waals surface area contributed by atoms with Gasteiger partial charge in [0.05, 0.1) is 17.4 Å². The minimum atomic E-state index is -3.87. The number of nitriles is 1. The maximum Gasteiger partial charge on any atom is 0.271 e. The predicted octanol–water partition coefficient (Wildman–Crippen LogP) is 1.63. The normalized spacial score (nSPS) is 10.7. The number of benzene rings is 1. The largest absolute Gasteiger partial charge is 0.484 e. The molecule has 7 nitrogen and oxygen atoms in total. The first kappa shape index (κ1) is 17.7.